The Balaban J connectivity index is 3.99. The van der Waals surface area contributed by atoms with Crippen LogP contribution in [0.4, 0.5) is 4.79 Å². The monoisotopic (exact) mass is 355 g/mol. The van der Waals surface area contributed by atoms with Crippen molar-refractivity contribution in [3.63, 3.8) is 0 Å². The number of carbonyl (C=O) groups excluding carboxylic acids is 1. The van der Waals surface area contributed by atoms with Crippen LogP contribution in [0.3, 0.4) is 0 Å². The average molecular weight is 356 g/mol. The van der Waals surface area contributed by atoms with E-state index in [9.17, 15) is 4.79 Å². The summed E-state index contributed by atoms with van der Waals surface area (Å²) in [5.41, 5.74) is 0. The van der Waals surface area contributed by atoms with Gasteiger partial charge in [0.2, 0.25) is 0 Å². The van der Waals surface area contributed by atoms with Gasteiger partial charge in [-0.1, -0.05) is 97.8 Å². The molecule has 0 aromatic rings. The molecule has 0 atom stereocenters. The van der Waals surface area contributed by atoms with E-state index in [-0.39, 0.29) is 6.09 Å². The average Bonchev–Trinajstić information content (AvgIpc) is 2.62. The van der Waals surface area contributed by atoms with Gasteiger partial charge in [0.15, 0.2) is 0 Å². The summed E-state index contributed by atoms with van der Waals surface area (Å²) in [6, 6.07) is 0. The smallest absolute Gasteiger partial charge is 0.409 e. The molecule has 1 amide bonds. The molecule has 0 fully saturated rings. The number of nitrogens with zero attached hydrogens (tertiary/aromatic N) is 1. The summed E-state index contributed by atoms with van der Waals surface area (Å²) < 4.78 is 5.53. The summed E-state index contributed by atoms with van der Waals surface area (Å²) in [6.45, 7) is 9.02. The number of hydrogen-bond donors (Lipinski definition) is 0. The molecule has 0 bridgehead atoms. The van der Waals surface area contributed by atoms with Gasteiger partial charge in [-0.05, 0) is 19.3 Å². The second kappa shape index (κ2) is 19.6. The highest BCUT2D eigenvalue weighted by molar-refractivity contribution is 5.67. The van der Waals surface area contributed by atoms with Crippen LogP contribution in [0.25, 0.3) is 0 Å². The number of unbranched alkanes of at least 4 members (excludes halogenated alkanes) is 12. The van der Waals surface area contributed by atoms with Crippen LogP contribution < -0.4 is 0 Å². The molecule has 0 spiro atoms. The lowest BCUT2D eigenvalue weighted by molar-refractivity contribution is 0.0989. The molecule has 0 saturated carbocycles. The predicted octanol–water partition coefficient (Wildman–Crippen LogP) is 7.34. The van der Waals surface area contributed by atoms with E-state index in [1.165, 1.54) is 77.0 Å². The highest BCUT2D eigenvalue weighted by Gasteiger charge is 2.14. The molecule has 0 aliphatic carbocycles. The molecule has 150 valence electrons. The van der Waals surface area contributed by atoms with Gasteiger partial charge >= 0.3 is 6.09 Å². The van der Waals surface area contributed by atoms with Crippen molar-refractivity contribution in [3.05, 3.63) is 0 Å². The quantitative estimate of drug-likeness (QED) is 0.241. The van der Waals surface area contributed by atoms with Crippen LogP contribution >= 0.6 is 0 Å². The van der Waals surface area contributed by atoms with Crippen molar-refractivity contribution < 1.29 is 9.53 Å². The van der Waals surface area contributed by atoms with E-state index in [4.69, 9.17) is 4.74 Å². The van der Waals surface area contributed by atoms with Crippen LogP contribution in [-0.4, -0.2) is 30.7 Å². The molecule has 0 N–H and O–H groups in total. The molecule has 3 heteroatoms. The number of ether oxygens (including phenoxy) is 1. The second-order valence-corrected chi connectivity index (χ2v) is 7.34. The fraction of sp³-hybridized carbons (Fsp3) is 0.955. The molecule has 0 radical (unpaired) electrons. The Kier molecular flexibility index (Phi) is 19.0. The topological polar surface area (TPSA) is 29.5 Å². The van der Waals surface area contributed by atoms with Crippen LogP contribution in [-0.2, 0) is 4.74 Å². The maximum Gasteiger partial charge on any atom is 0.409 e. The summed E-state index contributed by atoms with van der Waals surface area (Å²) in [5.74, 6) is 0. The van der Waals surface area contributed by atoms with Gasteiger partial charge in [-0.25, -0.2) is 4.79 Å². The lowest BCUT2D eigenvalue weighted by Gasteiger charge is -2.22. The first-order valence-corrected chi connectivity index (χ1v) is 11.2. The largest absolute Gasteiger partial charge is 0.449 e. The Morgan fingerprint density at radius 3 is 1.44 bits per heavy atom. The lowest BCUT2D eigenvalue weighted by atomic mass is 10.1. The van der Waals surface area contributed by atoms with Crippen LogP contribution in [0, 0.1) is 0 Å². The summed E-state index contributed by atoms with van der Waals surface area (Å²) in [7, 11) is 0. The van der Waals surface area contributed by atoms with Crippen molar-refractivity contribution in [1.82, 2.24) is 4.90 Å². The van der Waals surface area contributed by atoms with Crippen molar-refractivity contribution >= 4 is 6.09 Å². The number of amides is 1. The molecule has 0 saturated heterocycles. The van der Waals surface area contributed by atoms with Crippen molar-refractivity contribution in [2.75, 3.05) is 19.7 Å². The van der Waals surface area contributed by atoms with Crippen molar-refractivity contribution in [1.29, 1.82) is 0 Å². The van der Waals surface area contributed by atoms with E-state index in [0.717, 1.165) is 32.4 Å². The van der Waals surface area contributed by atoms with E-state index in [1.54, 1.807) is 0 Å². The van der Waals surface area contributed by atoms with Gasteiger partial charge in [0.25, 0.3) is 0 Å². The Labute approximate surface area is 157 Å². The van der Waals surface area contributed by atoms with Gasteiger partial charge in [-0.15, -0.1) is 0 Å². The van der Waals surface area contributed by atoms with Crippen molar-refractivity contribution in [2.24, 2.45) is 0 Å². The summed E-state index contributed by atoms with van der Waals surface area (Å²) in [4.78, 5) is 14.3. The van der Waals surface area contributed by atoms with Gasteiger partial charge in [-0.3, -0.25) is 0 Å². The van der Waals surface area contributed by atoms with Gasteiger partial charge in [0.05, 0.1) is 6.61 Å². The number of hydrogen-bond acceptors (Lipinski definition) is 2. The van der Waals surface area contributed by atoms with Gasteiger partial charge < -0.3 is 9.64 Å². The Morgan fingerprint density at radius 2 is 1.00 bits per heavy atom. The van der Waals surface area contributed by atoms with Crippen LogP contribution in [0.5, 0.6) is 0 Å². The molecule has 0 aliphatic heterocycles. The fourth-order valence-corrected chi connectivity index (χ4v) is 3.06. The predicted molar refractivity (Wildman–Crippen MR) is 109 cm³/mol. The normalized spacial score (nSPS) is 10.8. The SMILES string of the molecule is CCCCCCCOC(=O)N(CCCCCCC)CCCCCCC. The number of carbonyl (C=O) groups is 1. The van der Waals surface area contributed by atoms with Gasteiger partial charge in [0, 0.05) is 13.1 Å². The molecule has 0 rings (SSSR count). The summed E-state index contributed by atoms with van der Waals surface area (Å²) >= 11 is 0. The molecule has 0 unspecified atom stereocenters. The van der Waals surface area contributed by atoms with E-state index in [0.29, 0.717) is 6.61 Å². The summed E-state index contributed by atoms with van der Waals surface area (Å²) in [5, 5.41) is 0. The second-order valence-electron chi connectivity index (χ2n) is 7.34. The molecule has 0 aromatic heterocycles. The molecule has 25 heavy (non-hydrogen) atoms. The minimum absolute atomic E-state index is 0.0820. The minimum Gasteiger partial charge on any atom is -0.449 e. The van der Waals surface area contributed by atoms with Crippen LogP contribution in [0.1, 0.15) is 117 Å². The number of rotatable bonds is 18. The Hall–Kier alpha value is -0.730. The zero-order valence-corrected chi connectivity index (χ0v) is 17.5. The van der Waals surface area contributed by atoms with Gasteiger partial charge in [0.1, 0.15) is 0 Å². The fourth-order valence-electron chi connectivity index (χ4n) is 3.06. The van der Waals surface area contributed by atoms with Crippen molar-refractivity contribution in [2.45, 2.75) is 117 Å². The molecular weight excluding hydrogens is 310 g/mol. The Morgan fingerprint density at radius 1 is 0.600 bits per heavy atom. The zero-order chi connectivity index (χ0) is 18.6. The molecular formula is C22H45NO2. The Bertz CT molecular complexity index is 267. The van der Waals surface area contributed by atoms with Crippen LogP contribution in [0.2, 0.25) is 0 Å². The maximum atomic E-state index is 12.4. The summed E-state index contributed by atoms with van der Waals surface area (Å²) in [6.07, 6.45) is 18.3. The third kappa shape index (κ3) is 16.5. The maximum absolute atomic E-state index is 12.4. The van der Waals surface area contributed by atoms with E-state index >= 15 is 0 Å². The lowest BCUT2D eigenvalue weighted by Crippen LogP contribution is -2.33. The van der Waals surface area contributed by atoms with Crippen LogP contribution in [0.15, 0.2) is 0 Å². The first-order chi connectivity index (χ1) is 12.3. The minimum atomic E-state index is -0.0820. The third-order valence-electron chi connectivity index (χ3n) is 4.79. The first-order valence-electron chi connectivity index (χ1n) is 11.2. The van der Waals surface area contributed by atoms with E-state index in [1.807, 2.05) is 4.90 Å². The molecule has 0 aliphatic rings. The molecule has 0 heterocycles. The van der Waals surface area contributed by atoms with Gasteiger partial charge in [-0.2, -0.15) is 0 Å². The van der Waals surface area contributed by atoms with E-state index < -0.39 is 0 Å². The molecule has 0 aromatic carbocycles. The highest BCUT2D eigenvalue weighted by Crippen LogP contribution is 2.09. The zero-order valence-electron chi connectivity index (χ0n) is 17.5. The third-order valence-corrected chi connectivity index (χ3v) is 4.79. The standard InChI is InChI=1S/C22H45NO2/c1-4-7-10-13-16-19-23(20-17-14-11-8-5-2)22(24)25-21-18-15-12-9-6-3/h4-21H2,1-3H3. The van der Waals surface area contributed by atoms with E-state index in [2.05, 4.69) is 20.8 Å². The highest BCUT2D eigenvalue weighted by atomic mass is 16.6. The van der Waals surface area contributed by atoms with Crippen molar-refractivity contribution in [3.8, 4) is 0 Å². The first kappa shape index (κ1) is 24.3. The molecule has 3 nitrogen and oxygen atoms in total.